The van der Waals surface area contributed by atoms with Gasteiger partial charge in [-0.15, -0.1) is 11.3 Å². The number of carbonyl (C=O) groups is 1. The number of hydrogen-bond donors (Lipinski definition) is 0. The summed E-state index contributed by atoms with van der Waals surface area (Å²) in [6.45, 7) is 6.49. The highest BCUT2D eigenvalue weighted by Gasteiger charge is 2.32. The van der Waals surface area contributed by atoms with Crippen molar-refractivity contribution in [3.8, 4) is 0 Å². The third kappa shape index (κ3) is 2.70. The molecule has 1 unspecified atom stereocenters. The van der Waals surface area contributed by atoms with E-state index in [0.29, 0.717) is 6.04 Å². The molecule has 0 N–H and O–H groups in total. The van der Waals surface area contributed by atoms with Crippen LogP contribution in [0.4, 0.5) is 0 Å². The van der Waals surface area contributed by atoms with Crippen LogP contribution in [0.1, 0.15) is 40.9 Å². The summed E-state index contributed by atoms with van der Waals surface area (Å²) >= 11 is 1.58. The van der Waals surface area contributed by atoms with Crippen LogP contribution >= 0.6 is 11.3 Å². The highest BCUT2D eigenvalue weighted by atomic mass is 32.1. The molecule has 1 atom stereocenters. The van der Waals surface area contributed by atoms with E-state index in [1.54, 1.807) is 11.3 Å². The van der Waals surface area contributed by atoms with Crippen molar-refractivity contribution in [1.29, 1.82) is 0 Å². The van der Waals surface area contributed by atoms with Gasteiger partial charge in [-0.1, -0.05) is 0 Å². The largest absolute Gasteiger partial charge is 0.334 e. The molecule has 1 aromatic heterocycles. The number of hydrogen-bond acceptors (Lipinski definition) is 3. The van der Waals surface area contributed by atoms with Crippen molar-refractivity contribution in [3.05, 3.63) is 21.9 Å². The minimum Gasteiger partial charge on any atom is -0.334 e. The molecule has 0 radical (unpaired) electrons. The fourth-order valence-electron chi connectivity index (χ4n) is 3.28. The summed E-state index contributed by atoms with van der Waals surface area (Å²) in [4.78, 5) is 18.2. The van der Waals surface area contributed by atoms with Gasteiger partial charge in [0.05, 0.1) is 4.88 Å². The van der Waals surface area contributed by atoms with Crippen LogP contribution in [0.3, 0.4) is 0 Å². The molecule has 0 spiro atoms. The van der Waals surface area contributed by atoms with Crippen LogP contribution in [0.25, 0.3) is 0 Å². The van der Waals surface area contributed by atoms with Gasteiger partial charge in [-0.05, 0) is 62.7 Å². The van der Waals surface area contributed by atoms with Crippen molar-refractivity contribution >= 4 is 17.2 Å². The van der Waals surface area contributed by atoms with Gasteiger partial charge in [-0.3, -0.25) is 4.79 Å². The average molecular weight is 278 g/mol. The van der Waals surface area contributed by atoms with Crippen LogP contribution in [0.5, 0.6) is 0 Å². The number of likely N-dealkylation sites (tertiary alicyclic amines) is 2. The van der Waals surface area contributed by atoms with Crippen molar-refractivity contribution < 1.29 is 4.79 Å². The van der Waals surface area contributed by atoms with Crippen LogP contribution in [0.2, 0.25) is 0 Å². The van der Waals surface area contributed by atoms with Crippen molar-refractivity contribution in [2.45, 2.75) is 38.6 Å². The number of thiophene rings is 1. The van der Waals surface area contributed by atoms with Crippen LogP contribution in [0, 0.1) is 6.92 Å². The molecule has 2 aliphatic heterocycles. The second kappa shape index (κ2) is 5.63. The highest BCUT2D eigenvalue weighted by molar-refractivity contribution is 7.12. The van der Waals surface area contributed by atoms with Gasteiger partial charge in [-0.25, -0.2) is 0 Å². The van der Waals surface area contributed by atoms with Gasteiger partial charge in [0.1, 0.15) is 0 Å². The van der Waals surface area contributed by atoms with E-state index in [-0.39, 0.29) is 5.91 Å². The summed E-state index contributed by atoms with van der Waals surface area (Å²) in [7, 11) is 0. The van der Waals surface area contributed by atoms with E-state index < -0.39 is 0 Å². The zero-order chi connectivity index (χ0) is 13.2. The third-order valence-electron chi connectivity index (χ3n) is 4.36. The average Bonchev–Trinajstić information content (AvgIpc) is 3.10. The van der Waals surface area contributed by atoms with E-state index in [2.05, 4.69) is 9.80 Å². The van der Waals surface area contributed by atoms with Crippen molar-refractivity contribution in [1.82, 2.24) is 9.80 Å². The standard InChI is InChI=1S/C15H22N2OS/c1-12-6-10-19-14(12)15(18)17-9-4-5-13(17)11-16-7-2-3-8-16/h6,10,13H,2-5,7-9,11H2,1H3. The number of aryl methyl sites for hydroxylation is 1. The summed E-state index contributed by atoms with van der Waals surface area (Å²) in [6.07, 6.45) is 4.98. The minimum atomic E-state index is 0.259. The monoisotopic (exact) mass is 278 g/mol. The van der Waals surface area contributed by atoms with Crippen molar-refractivity contribution in [2.75, 3.05) is 26.2 Å². The number of carbonyl (C=O) groups excluding carboxylic acids is 1. The molecule has 2 fully saturated rings. The van der Waals surface area contributed by atoms with E-state index in [9.17, 15) is 4.79 Å². The fourth-order valence-corrected chi connectivity index (χ4v) is 4.16. The second-order valence-electron chi connectivity index (χ2n) is 5.74. The van der Waals surface area contributed by atoms with E-state index in [1.807, 2.05) is 18.4 Å². The Kier molecular flexibility index (Phi) is 3.89. The minimum absolute atomic E-state index is 0.259. The molecule has 0 saturated carbocycles. The molecule has 0 aliphatic carbocycles. The zero-order valence-corrected chi connectivity index (χ0v) is 12.4. The summed E-state index contributed by atoms with van der Waals surface area (Å²) < 4.78 is 0. The Morgan fingerprint density at radius 3 is 2.79 bits per heavy atom. The third-order valence-corrected chi connectivity index (χ3v) is 5.37. The first kappa shape index (κ1) is 13.1. The predicted molar refractivity (Wildman–Crippen MR) is 78.8 cm³/mol. The maximum absolute atomic E-state index is 12.6. The van der Waals surface area contributed by atoms with Crippen LogP contribution in [-0.2, 0) is 0 Å². The predicted octanol–water partition coefficient (Wildman–Crippen LogP) is 2.76. The molecule has 2 saturated heterocycles. The summed E-state index contributed by atoms with van der Waals surface area (Å²) in [5.74, 6) is 0.259. The summed E-state index contributed by atoms with van der Waals surface area (Å²) in [5.41, 5.74) is 1.13. The van der Waals surface area contributed by atoms with Crippen molar-refractivity contribution in [2.24, 2.45) is 0 Å². The number of rotatable bonds is 3. The van der Waals surface area contributed by atoms with Gasteiger partial charge in [-0.2, -0.15) is 0 Å². The van der Waals surface area contributed by atoms with Crippen LogP contribution < -0.4 is 0 Å². The topological polar surface area (TPSA) is 23.6 Å². The Morgan fingerprint density at radius 2 is 2.11 bits per heavy atom. The normalized spacial score (nSPS) is 24.3. The molecule has 4 heteroatoms. The first-order chi connectivity index (χ1) is 9.25. The Labute approximate surface area is 119 Å². The number of amides is 1. The molecule has 3 nitrogen and oxygen atoms in total. The van der Waals surface area contributed by atoms with Crippen molar-refractivity contribution in [3.63, 3.8) is 0 Å². The molecule has 104 valence electrons. The molecule has 3 heterocycles. The maximum Gasteiger partial charge on any atom is 0.264 e. The Balaban J connectivity index is 1.68. The van der Waals surface area contributed by atoms with E-state index >= 15 is 0 Å². The SMILES string of the molecule is Cc1ccsc1C(=O)N1CCCC1CN1CCCC1. The van der Waals surface area contributed by atoms with E-state index in [1.165, 1.54) is 32.4 Å². The van der Waals surface area contributed by atoms with Gasteiger partial charge in [0.2, 0.25) is 0 Å². The number of nitrogens with zero attached hydrogens (tertiary/aromatic N) is 2. The lowest BCUT2D eigenvalue weighted by Gasteiger charge is -2.28. The molecule has 0 aromatic carbocycles. The van der Waals surface area contributed by atoms with Gasteiger partial charge in [0.25, 0.3) is 5.91 Å². The molecule has 19 heavy (non-hydrogen) atoms. The van der Waals surface area contributed by atoms with Gasteiger partial charge in [0, 0.05) is 19.1 Å². The summed E-state index contributed by atoms with van der Waals surface area (Å²) in [5, 5.41) is 2.02. The highest BCUT2D eigenvalue weighted by Crippen LogP contribution is 2.25. The molecular formula is C15H22N2OS. The van der Waals surface area contributed by atoms with E-state index in [0.717, 1.165) is 30.0 Å². The second-order valence-corrected chi connectivity index (χ2v) is 6.65. The first-order valence-electron chi connectivity index (χ1n) is 7.33. The lowest BCUT2D eigenvalue weighted by Crippen LogP contribution is -2.42. The fraction of sp³-hybridized carbons (Fsp3) is 0.667. The molecule has 1 aromatic rings. The molecule has 1 amide bonds. The molecule has 3 rings (SSSR count). The van der Waals surface area contributed by atoms with E-state index in [4.69, 9.17) is 0 Å². The Hall–Kier alpha value is -0.870. The Morgan fingerprint density at radius 1 is 1.32 bits per heavy atom. The molecular weight excluding hydrogens is 256 g/mol. The van der Waals surface area contributed by atoms with Gasteiger partial charge < -0.3 is 9.80 Å². The van der Waals surface area contributed by atoms with Crippen LogP contribution in [0.15, 0.2) is 11.4 Å². The Bertz CT molecular complexity index is 451. The molecule has 0 bridgehead atoms. The summed E-state index contributed by atoms with van der Waals surface area (Å²) in [6, 6.07) is 2.48. The smallest absolute Gasteiger partial charge is 0.264 e. The lowest BCUT2D eigenvalue weighted by molar-refractivity contribution is 0.0713. The lowest BCUT2D eigenvalue weighted by atomic mass is 10.2. The van der Waals surface area contributed by atoms with Crippen LogP contribution in [-0.4, -0.2) is 47.9 Å². The zero-order valence-electron chi connectivity index (χ0n) is 11.6. The quantitative estimate of drug-likeness (QED) is 0.849. The molecule has 2 aliphatic rings. The van der Waals surface area contributed by atoms with Gasteiger partial charge >= 0.3 is 0 Å². The van der Waals surface area contributed by atoms with Gasteiger partial charge in [0.15, 0.2) is 0 Å². The maximum atomic E-state index is 12.6. The first-order valence-corrected chi connectivity index (χ1v) is 8.21.